The summed E-state index contributed by atoms with van der Waals surface area (Å²) in [5.74, 6) is 1.18. The number of benzene rings is 1. The van der Waals surface area contributed by atoms with E-state index in [1.54, 1.807) is 24.5 Å². The van der Waals surface area contributed by atoms with Crippen molar-refractivity contribution in [1.29, 1.82) is 0 Å². The Kier molecular flexibility index (Phi) is 5.28. The van der Waals surface area contributed by atoms with E-state index in [2.05, 4.69) is 5.32 Å². The maximum absolute atomic E-state index is 12.1. The Morgan fingerprint density at radius 3 is 2.86 bits per heavy atom. The molecule has 0 aliphatic rings. The van der Waals surface area contributed by atoms with Gasteiger partial charge in [0.05, 0.1) is 12.8 Å². The van der Waals surface area contributed by atoms with Crippen LogP contribution in [0.3, 0.4) is 0 Å². The molecule has 112 valence electrons. The van der Waals surface area contributed by atoms with Gasteiger partial charge >= 0.3 is 0 Å². The normalized spacial score (nSPS) is 12.0. The van der Waals surface area contributed by atoms with Gasteiger partial charge in [-0.1, -0.05) is 18.5 Å². The Balaban J connectivity index is 1.95. The molecule has 1 unspecified atom stereocenters. The zero-order valence-electron chi connectivity index (χ0n) is 12.1. The predicted molar refractivity (Wildman–Crippen MR) is 81.5 cm³/mol. The lowest BCUT2D eigenvalue weighted by Crippen LogP contribution is -2.37. The number of nitrogens with one attached hydrogen (secondary N) is 1. The highest BCUT2D eigenvalue weighted by atomic mass is 35.5. The lowest BCUT2D eigenvalue weighted by atomic mass is 10.2. The third-order valence-corrected chi connectivity index (χ3v) is 3.51. The van der Waals surface area contributed by atoms with E-state index in [4.69, 9.17) is 20.8 Å². The van der Waals surface area contributed by atoms with Gasteiger partial charge < -0.3 is 14.5 Å². The zero-order chi connectivity index (χ0) is 15.2. The van der Waals surface area contributed by atoms with E-state index in [-0.39, 0.29) is 5.91 Å². The molecule has 0 aliphatic heterocycles. The molecule has 0 bridgehead atoms. The number of aryl methyl sites for hydroxylation is 1. The van der Waals surface area contributed by atoms with Crippen LogP contribution in [0.4, 0.5) is 0 Å². The van der Waals surface area contributed by atoms with Crippen molar-refractivity contribution in [1.82, 2.24) is 5.32 Å². The zero-order valence-corrected chi connectivity index (χ0v) is 12.8. The standard InChI is InChI=1S/C16H18ClNO3/c1-3-15(16(19)18-10-13-5-4-8-20-13)21-12-6-7-14(17)11(2)9-12/h4-9,15H,3,10H2,1-2H3,(H,18,19). The van der Waals surface area contributed by atoms with Crippen LogP contribution in [0, 0.1) is 6.92 Å². The highest BCUT2D eigenvalue weighted by Gasteiger charge is 2.18. The van der Waals surface area contributed by atoms with Crippen LogP contribution in [0.25, 0.3) is 0 Å². The van der Waals surface area contributed by atoms with Gasteiger partial charge in [-0.25, -0.2) is 0 Å². The molecule has 1 aromatic heterocycles. The largest absolute Gasteiger partial charge is 0.481 e. The Morgan fingerprint density at radius 2 is 2.24 bits per heavy atom. The molecule has 1 amide bonds. The summed E-state index contributed by atoms with van der Waals surface area (Å²) in [6.07, 6.45) is 1.61. The van der Waals surface area contributed by atoms with Gasteiger partial charge in [0.15, 0.2) is 6.10 Å². The summed E-state index contributed by atoms with van der Waals surface area (Å²) in [7, 11) is 0. The minimum absolute atomic E-state index is 0.165. The molecular weight excluding hydrogens is 290 g/mol. The maximum Gasteiger partial charge on any atom is 0.261 e. The number of ether oxygens (including phenoxy) is 1. The minimum atomic E-state index is -0.541. The van der Waals surface area contributed by atoms with Gasteiger partial charge in [-0.2, -0.15) is 0 Å². The summed E-state index contributed by atoms with van der Waals surface area (Å²) in [5.41, 5.74) is 0.917. The van der Waals surface area contributed by atoms with Crippen LogP contribution in [-0.2, 0) is 11.3 Å². The average molecular weight is 308 g/mol. The molecule has 1 heterocycles. The fourth-order valence-corrected chi connectivity index (χ4v) is 2.00. The number of carbonyl (C=O) groups excluding carboxylic acids is 1. The number of hydrogen-bond donors (Lipinski definition) is 1. The van der Waals surface area contributed by atoms with Gasteiger partial charge in [-0.3, -0.25) is 4.79 Å². The molecule has 0 saturated carbocycles. The first-order chi connectivity index (χ1) is 10.1. The van der Waals surface area contributed by atoms with Crippen LogP contribution in [0.1, 0.15) is 24.7 Å². The Morgan fingerprint density at radius 1 is 1.43 bits per heavy atom. The number of halogens is 1. The van der Waals surface area contributed by atoms with E-state index in [1.807, 2.05) is 26.0 Å². The summed E-state index contributed by atoms with van der Waals surface area (Å²) < 4.78 is 10.9. The lowest BCUT2D eigenvalue weighted by molar-refractivity contribution is -0.128. The SMILES string of the molecule is CCC(Oc1ccc(Cl)c(C)c1)C(=O)NCc1ccco1. The van der Waals surface area contributed by atoms with Crippen molar-refractivity contribution in [3.63, 3.8) is 0 Å². The molecule has 0 fully saturated rings. The number of hydrogen-bond acceptors (Lipinski definition) is 3. The van der Waals surface area contributed by atoms with Crippen LogP contribution in [0.2, 0.25) is 5.02 Å². The Bertz CT molecular complexity index is 596. The summed E-state index contributed by atoms with van der Waals surface area (Å²) >= 11 is 5.98. The van der Waals surface area contributed by atoms with Crippen molar-refractivity contribution in [3.8, 4) is 5.75 Å². The first-order valence-electron chi connectivity index (χ1n) is 6.83. The molecule has 2 rings (SSSR count). The maximum atomic E-state index is 12.1. The van der Waals surface area contributed by atoms with Gasteiger partial charge in [0.25, 0.3) is 5.91 Å². The Hall–Kier alpha value is -1.94. The molecule has 1 N–H and O–H groups in total. The van der Waals surface area contributed by atoms with Gasteiger partial charge in [0.1, 0.15) is 11.5 Å². The molecule has 5 heteroatoms. The molecule has 0 spiro atoms. The van der Waals surface area contributed by atoms with E-state index >= 15 is 0 Å². The summed E-state index contributed by atoms with van der Waals surface area (Å²) in [6.45, 7) is 4.15. The van der Waals surface area contributed by atoms with Crippen molar-refractivity contribution >= 4 is 17.5 Å². The minimum Gasteiger partial charge on any atom is -0.481 e. The Labute approximate surface area is 129 Å². The van der Waals surface area contributed by atoms with Crippen molar-refractivity contribution in [2.75, 3.05) is 0 Å². The van der Waals surface area contributed by atoms with Crippen molar-refractivity contribution in [2.45, 2.75) is 32.9 Å². The number of rotatable bonds is 6. The van der Waals surface area contributed by atoms with Crippen LogP contribution in [0.5, 0.6) is 5.75 Å². The van der Waals surface area contributed by atoms with E-state index < -0.39 is 6.10 Å². The fourth-order valence-electron chi connectivity index (χ4n) is 1.88. The molecule has 1 atom stereocenters. The van der Waals surface area contributed by atoms with E-state index in [1.165, 1.54) is 0 Å². The van der Waals surface area contributed by atoms with Crippen molar-refractivity contribution in [3.05, 3.63) is 52.9 Å². The third kappa shape index (κ3) is 4.26. The van der Waals surface area contributed by atoms with Crippen LogP contribution >= 0.6 is 11.6 Å². The third-order valence-electron chi connectivity index (χ3n) is 3.09. The summed E-state index contributed by atoms with van der Waals surface area (Å²) in [4.78, 5) is 12.1. The monoisotopic (exact) mass is 307 g/mol. The van der Waals surface area contributed by atoms with Crippen LogP contribution < -0.4 is 10.1 Å². The second kappa shape index (κ2) is 7.18. The van der Waals surface area contributed by atoms with Gasteiger partial charge in [0.2, 0.25) is 0 Å². The molecule has 21 heavy (non-hydrogen) atoms. The molecular formula is C16H18ClNO3. The molecule has 0 aliphatic carbocycles. The first-order valence-corrected chi connectivity index (χ1v) is 7.21. The smallest absolute Gasteiger partial charge is 0.261 e. The fraction of sp³-hybridized carbons (Fsp3) is 0.312. The first kappa shape index (κ1) is 15.4. The second-order valence-electron chi connectivity index (χ2n) is 4.72. The quantitative estimate of drug-likeness (QED) is 0.885. The molecule has 4 nitrogen and oxygen atoms in total. The van der Waals surface area contributed by atoms with Gasteiger partial charge in [0, 0.05) is 5.02 Å². The van der Waals surface area contributed by atoms with E-state index in [0.29, 0.717) is 29.5 Å². The van der Waals surface area contributed by atoms with Crippen molar-refractivity contribution < 1.29 is 13.9 Å². The van der Waals surface area contributed by atoms with E-state index in [9.17, 15) is 4.79 Å². The van der Waals surface area contributed by atoms with E-state index in [0.717, 1.165) is 5.56 Å². The molecule has 2 aromatic rings. The van der Waals surface area contributed by atoms with Gasteiger partial charge in [-0.15, -0.1) is 0 Å². The highest BCUT2D eigenvalue weighted by Crippen LogP contribution is 2.22. The highest BCUT2D eigenvalue weighted by molar-refractivity contribution is 6.31. The molecule has 0 saturated heterocycles. The van der Waals surface area contributed by atoms with Crippen LogP contribution in [-0.4, -0.2) is 12.0 Å². The second-order valence-corrected chi connectivity index (χ2v) is 5.13. The molecule has 0 radical (unpaired) electrons. The average Bonchev–Trinajstić information content (AvgIpc) is 2.99. The number of carbonyl (C=O) groups is 1. The number of amides is 1. The molecule has 1 aromatic carbocycles. The topological polar surface area (TPSA) is 51.5 Å². The summed E-state index contributed by atoms with van der Waals surface area (Å²) in [6, 6.07) is 8.94. The van der Waals surface area contributed by atoms with Gasteiger partial charge in [-0.05, 0) is 49.2 Å². The predicted octanol–water partition coefficient (Wildman–Crippen LogP) is 3.72. The summed E-state index contributed by atoms with van der Waals surface area (Å²) in [5, 5.41) is 3.48. The lowest BCUT2D eigenvalue weighted by Gasteiger charge is -2.17. The number of furan rings is 1. The van der Waals surface area contributed by atoms with Crippen LogP contribution in [0.15, 0.2) is 41.0 Å². The van der Waals surface area contributed by atoms with Crippen molar-refractivity contribution in [2.24, 2.45) is 0 Å².